The van der Waals surface area contributed by atoms with E-state index < -0.39 is 0 Å². The van der Waals surface area contributed by atoms with E-state index in [0.29, 0.717) is 23.3 Å². The van der Waals surface area contributed by atoms with Crippen LogP contribution in [0.4, 0.5) is 11.5 Å². The third kappa shape index (κ3) is 4.43. The Hall–Kier alpha value is -3.26. The summed E-state index contributed by atoms with van der Waals surface area (Å²) in [6, 6.07) is 12.2. The van der Waals surface area contributed by atoms with E-state index in [4.69, 9.17) is 24.2 Å². The van der Waals surface area contributed by atoms with E-state index in [-0.39, 0.29) is 0 Å². The summed E-state index contributed by atoms with van der Waals surface area (Å²) >= 11 is 0. The first kappa shape index (κ1) is 23.5. The van der Waals surface area contributed by atoms with E-state index in [1.807, 2.05) is 24.3 Å². The highest BCUT2D eigenvalue weighted by molar-refractivity contribution is 5.92. The highest BCUT2D eigenvalue weighted by Gasteiger charge is 2.32. The zero-order valence-electron chi connectivity index (χ0n) is 21.3. The van der Waals surface area contributed by atoms with Crippen LogP contribution in [0.5, 0.6) is 17.2 Å². The van der Waals surface area contributed by atoms with Crippen LogP contribution in [0, 0.1) is 5.92 Å². The smallest absolute Gasteiger partial charge is 0.162 e. The lowest BCUT2D eigenvalue weighted by molar-refractivity contribution is 0.355. The standard InChI is InChI=1S/C27H35N5O3/c1-18-16-30(2)17-20(18)26-28-21-15-25(35-5)24(34-4)14-19(21)27(29-26)32-12-10-31(11-13-32)22-8-6-7-9-23(22)33-3/h6-9,14-15,18,20H,10-13,16-17H2,1-5H3/t18-,20-/m1/s1. The zero-order valence-corrected chi connectivity index (χ0v) is 21.3. The summed E-state index contributed by atoms with van der Waals surface area (Å²) in [6.45, 7) is 7.82. The van der Waals surface area contributed by atoms with Crippen molar-refractivity contribution in [3.8, 4) is 17.2 Å². The van der Waals surface area contributed by atoms with Gasteiger partial charge in [0, 0.05) is 56.6 Å². The number of anilines is 2. The predicted molar refractivity (Wildman–Crippen MR) is 139 cm³/mol. The molecule has 5 rings (SSSR count). The van der Waals surface area contributed by atoms with Gasteiger partial charge in [-0.05, 0) is 31.2 Å². The molecular weight excluding hydrogens is 442 g/mol. The number of likely N-dealkylation sites (N-methyl/N-ethyl adjacent to an activating group) is 1. The normalized spacial score (nSPS) is 20.9. The minimum atomic E-state index is 0.311. The van der Waals surface area contributed by atoms with Gasteiger partial charge in [0.15, 0.2) is 11.5 Å². The number of fused-ring (bicyclic) bond motifs is 1. The number of piperazine rings is 1. The molecule has 2 atom stereocenters. The summed E-state index contributed by atoms with van der Waals surface area (Å²) < 4.78 is 16.8. The minimum Gasteiger partial charge on any atom is -0.495 e. The second kappa shape index (κ2) is 9.77. The van der Waals surface area contributed by atoms with Crippen molar-refractivity contribution in [2.75, 3.05) is 77.4 Å². The maximum atomic E-state index is 5.62. The Labute approximate surface area is 207 Å². The van der Waals surface area contributed by atoms with E-state index in [1.54, 1.807) is 21.3 Å². The summed E-state index contributed by atoms with van der Waals surface area (Å²) in [7, 11) is 7.23. The van der Waals surface area contributed by atoms with E-state index in [1.165, 1.54) is 0 Å². The van der Waals surface area contributed by atoms with Crippen LogP contribution in [0.2, 0.25) is 0 Å². The monoisotopic (exact) mass is 477 g/mol. The summed E-state index contributed by atoms with van der Waals surface area (Å²) in [4.78, 5) is 17.4. The van der Waals surface area contributed by atoms with Crippen LogP contribution in [0.25, 0.3) is 10.9 Å². The third-order valence-electron chi connectivity index (χ3n) is 7.33. The fourth-order valence-electron chi connectivity index (χ4n) is 5.46. The van der Waals surface area contributed by atoms with Crippen molar-refractivity contribution in [1.82, 2.24) is 14.9 Å². The fourth-order valence-corrected chi connectivity index (χ4v) is 5.46. The quantitative estimate of drug-likeness (QED) is 0.533. The zero-order chi connectivity index (χ0) is 24.5. The Kier molecular flexibility index (Phi) is 6.56. The summed E-state index contributed by atoms with van der Waals surface area (Å²) in [6.07, 6.45) is 0. The van der Waals surface area contributed by atoms with Gasteiger partial charge in [-0.25, -0.2) is 9.97 Å². The molecule has 8 nitrogen and oxygen atoms in total. The van der Waals surface area contributed by atoms with Crippen molar-refractivity contribution in [3.63, 3.8) is 0 Å². The molecule has 0 amide bonds. The van der Waals surface area contributed by atoms with Gasteiger partial charge in [0.2, 0.25) is 0 Å². The maximum absolute atomic E-state index is 5.62. The van der Waals surface area contributed by atoms with Crippen molar-refractivity contribution in [3.05, 3.63) is 42.2 Å². The van der Waals surface area contributed by atoms with Crippen LogP contribution < -0.4 is 24.0 Å². The molecule has 0 spiro atoms. The van der Waals surface area contributed by atoms with Gasteiger partial charge in [0.1, 0.15) is 17.4 Å². The lowest BCUT2D eigenvalue weighted by Gasteiger charge is -2.37. The molecule has 0 bridgehead atoms. The topological polar surface area (TPSA) is 63.2 Å². The molecule has 2 aliphatic rings. The van der Waals surface area contributed by atoms with Crippen LogP contribution in [0.3, 0.4) is 0 Å². The average molecular weight is 478 g/mol. The third-order valence-corrected chi connectivity index (χ3v) is 7.33. The molecule has 186 valence electrons. The summed E-state index contributed by atoms with van der Waals surface area (Å²) in [5, 5.41) is 0.996. The number of hydrogen-bond donors (Lipinski definition) is 0. The SMILES string of the molecule is COc1cc2nc([C@@H]3CN(C)C[C@H]3C)nc(N3CCN(c4ccccc4OC)CC3)c2cc1OC. The van der Waals surface area contributed by atoms with Gasteiger partial charge in [-0.1, -0.05) is 19.1 Å². The first-order chi connectivity index (χ1) is 17.0. The Morgan fingerprint density at radius 3 is 2.11 bits per heavy atom. The molecule has 0 unspecified atom stereocenters. The number of hydrogen-bond acceptors (Lipinski definition) is 8. The van der Waals surface area contributed by atoms with E-state index in [2.05, 4.69) is 40.8 Å². The number of para-hydroxylation sites is 2. The summed E-state index contributed by atoms with van der Waals surface area (Å²) in [5.41, 5.74) is 2.04. The van der Waals surface area contributed by atoms with Gasteiger partial charge < -0.3 is 28.9 Å². The van der Waals surface area contributed by atoms with Crippen molar-refractivity contribution in [2.24, 2.45) is 5.92 Å². The van der Waals surface area contributed by atoms with E-state index in [0.717, 1.165) is 73.3 Å². The van der Waals surface area contributed by atoms with Crippen molar-refractivity contribution >= 4 is 22.4 Å². The lowest BCUT2D eigenvalue weighted by Crippen LogP contribution is -2.47. The predicted octanol–water partition coefficient (Wildman–Crippen LogP) is 3.65. The van der Waals surface area contributed by atoms with Crippen LogP contribution in [0.15, 0.2) is 36.4 Å². The number of aromatic nitrogens is 2. The molecule has 0 radical (unpaired) electrons. The van der Waals surface area contributed by atoms with E-state index in [9.17, 15) is 0 Å². The maximum Gasteiger partial charge on any atom is 0.162 e. The highest BCUT2D eigenvalue weighted by atomic mass is 16.5. The van der Waals surface area contributed by atoms with Crippen LogP contribution >= 0.6 is 0 Å². The fraction of sp³-hybridized carbons (Fsp3) is 0.481. The molecule has 0 N–H and O–H groups in total. The molecule has 3 heterocycles. The number of likely N-dealkylation sites (tertiary alicyclic amines) is 1. The molecule has 0 saturated carbocycles. The molecular formula is C27H35N5O3. The van der Waals surface area contributed by atoms with Gasteiger partial charge in [0.05, 0.1) is 32.5 Å². The molecule has 2 aromatic carbocycles. The Balaban J connectivity index is 1.52. The van der Waals surface area contributed by atoms with Crippen LogP contribution in [0.1, 0.15) is 18.7 Å². The number of methoxy groups -OCH3 is 3. The number of nitrogens with zero attached hydrogens (tertiary/aromatic N) is 5. The largest absolute Gasteiger partial charge is 0.495 e. The molecule has 1 aromatic heterocycles. The Morgan fingerprint density at radius 1 is 0.800 bits per heavy atom. The first-order valence-electron chi connectivity index (χ1n) is 12.3. The van der Waals surface area contributed by atoms with E-state index >= 15 is 0 Å². The number of rotatable bonds is 6. The Morgan fingerprint density at radius 2 is 1.46 bits per heavy atom. The molecule has 2 saturated heterocycles. The van der Waals surface area contributed by atoms with Gasteiger partial charge in [-0.3, -0.25) is 0 Å². The number of ether oxygens (including phenoxy) is 3. The van der Waals surface area contributed by atoms with Gasteiger partial charge in [0.25, 0.3) is 0 Å². The van der Waals surface area contributed by atoms with Crippen molar-refractivity contribution in [1.29, 1.82) is 0 Å². The van der Waals surface area contributed by atoms with Gasteiger partial charge in [-0.15, -0.1) is 0 Å². The average Bonchev–Trinajstić information content (AvgIpc) is 3.24. The van der Waals surface area contributed by atoms with Gasteiger partial charge in [-0.2, -0.15) is 0 Å². The highest BCUT2D eigenvalue weighted by Crippen LogP contribution is 2.38. The molecule has 0 aliphatic carbocycles. The summed E-state index contributed by atoms with van der Waals surface area (Å²) in [5.74, 6) is 5.01. The number of benzene rings is 2. The molecule has 35 heavy (non-hydrogen) atoms. The second-order valence-electron chi connectivity index (χ2n) is 9.58. The van der Waals surface area contributed by atoms with Gasteiger partial charge >= 0.3 is 0 Å². The van der Waals surface area contributed by atoms with Crippen molar-refractivity contribution in [2.45, 2.75) is 12.8 Å². The van der Waals surface area contributed by atoms with Crippen molar-refractivity contribution < 1.29 is 14.2 Å². The second-order valence-corrected chi connectivity index (χ2v) is 9.58. The van der Waals surface area contributed by atoms with Crippen LogP contribution in [-0.2, 0) is 0 Å². The molecule has 8 heteroatoms. The first-order valence-corrected chi connectivity index (χ1v) is 12.3. The van der Waals surface area contributed by atoms with Crippen LogP contribution in [-0.4, -0.2) is 82.5 Å². The Bertz CT molecular complexity index is 1190. The molecule has 2 aliphatic heterocycles. The lowest BCUT2D eigenvalue weighted by atomic mass is 9.97. The molecule has 2 fully saturated rings. The molecule has 3 aromatic rings. The minimum absolute atomic E-state index is 0.311.